The molecule has 1 amide bonds. The fourth-order valence-electron chi connectivity index (χ4n) is 2.87. The normalized spacial score (nSPS) is 28.8. The summed E-state index contributed by atoms with van der Waals surface area (Å²) in [7, 11) is 0. The fourth-order valence-corrected chi connectivity index (χ4v) is 3.19. The molecule has 2 N–H and O–H groups in total. The molecule has 5 nitrogen and oxygen atoms in total. The molecule has 0 aliphatic carbocycles. The number of carboxylic acid groups (broad SMARTS) is 1. The Morgan fingerprint density at radius 1 is 1.14 bits per heavy atom. The number of amides is 1. The lowest BCUT2D eigenvalue weighted by Crippen LogP contribution is -2.42. The molecule has 1 aromatic carbocycles. The van der Waals surface area contributed by atoms with E-state index in [1.54, 1.807) is 30.4 Å². The van der Waals surface area contributed by atoms with E-state index in [1.165, 1.54) is 0 Å². The predicted octanol–water partition coefficient (Wildman–Crippen LogP) is 2.26. The monoisotopic (exact) mass is 341 g/mol. The van der Waals surface area contributed by atoms with Gasteiger partial charge in [0.1, 0.15) is 5.92 Å². The third-order valence-electron chi connectivity index (χ3n) is 3.94. The Morgan fingerprint density at radius 3 is 2.45 bits per heavy atom. The average Bonchev–Trinajstić information content (AvgIpc) is 3.08. The van der Waals surface area contributed by atoms with Gasteiger partial charge in [-0.1, -0.05) is 41.4 Å². The van der Waals surface area contributed by atoms with Crippen molar-refractivity contribution in [1.29, 1.82) is 0 Å². The maximum atomic E-state index is 12.3. The van der Waals surface area contributed by atoms with Crippen LogP contribution in [0.2, 0.25) is 10.0 Å². The molecule has 2 heterocycles. The highest BCUT2D eigenvalue weighted by Crippen LogP contribution is 2.39. The van der Waals surface area contributed by atoms with Crippen LogP contribution < -0.4 is 5.32 Å². The second-order valence-electron chi connectivity index (χ2n) is 5.31. The smallest absolute Gasteiger partial charge is 0.310 e. The molecule has 0 unspecified atom stereocenters. The Morgan fingerprint density at radius 2 is 1.82 bits per heavy atom. The summed E-state index contributed by atoms with van der Waals surface area (Å²) >= 11 is 11.8. The van der Waals surface area contributed by atoms with Crippen molar-refractivity contribution >= 4 is 35.1 Å². The molecule has 7 heteroatoms. The second kappa shape index (κ2) is 5.91. The summed E-state index contributed by atoms with van der Waals surface area (Å²) in [6, 6.07) is 5.06. The maximum Gasteiger partial charge on any atom is 0.310 e. The van der Waals surface area contributed by atoms with Gasteiger partial charge in [0.05, 0.1) is 28.2 Å². The van der Waals surface area contributed by atoms with Crippen LogP contribution in [0.15, 0.2) is 30.4 Å². The molecule has 2 aliphatic rings. The van der Waals surface area contributed by atoms with Crippen molar-refractivity contribution in [3.8, 4) is 0 Å². The molecule has 0 spiro atoms. The molecule has 3 rings (SSSR count). The van der Waals surface area contributed by atoms with Crippen LogP contribution in [0.1, 0.15) is 5.56 Å². The van der Waals surface area contributed by atoms with Crippen LogP contribution in [-0.4, -0.2) is 29.2 Å². The zero-order chi connectivity index (χ0) is 15.9. The number of benzene rings is 1. The largest absolute Gasteiger partial charge is 0.481 e. The molecule has 0 aromatic heterocycles. The summed E-state index contributed by atoms with van der Waals surface area (Å²) in [5.74, 6) is -2.92. The number of hydrogen-bond acceptors (Lipinski definition) is 3. The molecular weight excluding hydrogens is 329 g/mol. The number of fused-ring (bicyclic) bond motifs is 2. The lowest BCUT2D eigenvalue weighted by Gasteiger charge is -2.21. The average molecular weight is 342 g/mol. The van der Waals surface area contributed by atoms with Crippen molar-refractivity contribution in [2.24, 2.45) is 11.8 Å². The van der Waals surface area contributed by atoms with Crippen molar-refractivity contribution in [1.82, 2.24) is 5.32 Å². The first kappa shape index (κ1) is 15.3. The second-order valence-corrected chi connectivity index (χ2v) is 6.12. The first-order valence-corrected chi connectivity index (χ1v) is 7.51. The van der Waals surface area contributed by atoms with Crippen molar-refractivity contribution in [2.45, 2.75) is 18.8 Å². The minimum atomic E-state index is -1.02. The van der Waals surface area contributed by atoms with Crippen molar-refractivity contribution in [3.63, 3.8) is 0 Å². The topological polar surface area (TPSA) is 75.6 Å². The number of carbonyl (C=O) groups is 2. The van der Waals surface area contributed by atoms with Gasteiger partial charge < -0.3 is 15.2 Å². The summed E-state index contributed by atoms with van der Waals surface area (Å²) in [6.07, 6.45) is 2.45. The lowest BCUT2D eigenvalue weighted by molar-refractivity contribution is -0.146. The number of halogens is 2. The Balaban J connectivity index is 1.68. The van der Waals surface area contributed by atoms with Gasteiger partial charge in [0.2, 0.25) is 5.91 Å². The van der Waals surface area contributed by atoms with Gasteiger partial charge in [0, 0.05) is 6.54 Å². The first-order chi connectivity index (χ1) is 10.5. The Kier molecular flexibility index (Phi) is 4.12. The Hall–Kier alpha value is -1.56. The third-order valence-corrected chi connectivity index (χ3v) is 4.68. The molecule has 2 aliphatic heterocycles. The summed E-state index contributed by atoms with van der Waals surface area (Å²) in [6.45, 7) is 0.250. The van der Waals surface area contributed by atoms with E-state index in [0.29, 0.717) is 10.0 Å². The Bertz CT molecular complexity index is 661. The van der Waals surface area contributed by atoms with E-state index in [2.05, 4.69) is 5.32 Å². The van der Waals surface area contributed by atoms with Crippen molar-refractivity contribution in [2.75, 3.05) is 0 Å². The van der Waals surface area contributed by atoms with Crippen LogP contribution >= 0.6 is 23.2 Å². The van der Waals surface area contributed by atoms with E-state index < -0.39 is 30.0 Å². The van der Waals surface area contributed by atoms with Gasteiger partial charge in [-0.2, -0.15) is 0 Å². The van der Waals surface area contributed by atoms with E-state index >= 15 is 0 Å². The van der Waals surface area contributed by atoms with Crippen molar-refractivity contribution < 1.29 is 19.4 Å². The zero-order valence-corrected chi connectivity index (χ0v) is 12.8. The number of hydrogen-bond donors (Lipinski definition) is 2. The standard InChI is InChI=1S/C15H13Cl2NO4/c16-8-2-1-7(5-9(8)17)6-18-14(19)12-10-3-4-11(22-10)13(12)15(20)21/h1-5,10-13H,6H2,(H,18,19)(H,20,21)/t10-,11+,12+,13+/m1/s1. The summed E-state index contributed by atoms with van der Waals surface area (Å²) in [4.78, 5) is 23.7. The predicted molar refractivity (Wildman–Crippen MR) is 80.7 cm³/mol. The number of ether oxygens (including phenoxy) is 1. The molecule has 2 bridgehead atoms. The van der Waals surface area contributed by atoms with E-state index in [0.717, 1.165) is 5.56 Å². The minimum Gasteiger partial charge on any atom is -0.481 e. The van der Waals surface area contributed by atoms with Crippen molar-refractivity contribution in [3.05, 3.63) is 46.0 Å². The SMILES string of the molecule is O=C(O)[C@@H]1[C@@H](C(=O)NCc2ccc(Cl)c(Cl)c2)[C@H]2C=C[C@@H]1O2. The third kappa shape index (κ3) is 2.72. The number of aliphatic carboxylic acids is 1. The van der Waals surface area contributed by atoms with Crippen LogP contribution in [0.5, 0.6) is 0 Å². The van der Waals surface area contributed by atoms with Gasteiger partial charge in [-0.3, -0.25) is 9.59 Å². The van der Waals surface area contributed by atoms with Crippen LogP contribution in [-0.2, 0) is 20.9 Å². The molecule has 1 fully saturated rings. The highest BCUT2D eigenvalue weighted by molar-refractivity contribution is 6.42. The number of carbonyl (C=O) groups excluding carboxylic acids is 1. The van der Waals surface area contributed by atoms with Gasteiger partial charge in [0.25, 0.3) is 0 Å². The van der Waals surface area contributed by atoms with E-state index in [4.69, 9.17) is 27.9 Å². The van der Waals surface area contributed by atoms with E-state index in [9.17, 15) is 14.7 Å². The highest BCUT2D eigenvalue weighted by atomic mass is 35.5. The lowest BCUT2D eigenvalue weighted by atomic mass is 9.82. The van der Waals surface area contributed by atoms with Crippen LogP contribution in [0.4, 0.5) is 0 Å². The van der Waals surface area contributed by atoms with Gasteiger partial charge in [-0.15, -0.1) is 0 Å². The Labute approximate surface area is 136 Å². The van der Waals surface area contributed by atoms with Gasteiger partial charge >= 0.3 is 5.97 Å². The van der Waals surface area contributed by atoms with Crippen LogP contribution in [0.3, 0.4) is 0 Å². The summed E-state index contributed by atoms with van der Waals surface area (Å²) in [5, 5.41) is 12.9. The number of carboxylic acids is 1. The highest BCUT2D eigenvalue weighted by Gasteiger charge is 2.53. The maximum absolute atomic E-state index is 12.3. The van der Waals surface area contributed by atoms with Crippen LogP contribution in [0, 0.1) is 11.8 Å². The molecule has 1 saturated heterocycles. The molecular formula is C15H13Cl2NO4. The molecule has 0 radical (unpaired) electrons. The molecule has 116 valence electrons. The fraction of sp³-hybridized carbons (Fsp3) is 0.333. The van der Waals surface area contributed by atoms with Gasteiger partial charge in [0.15, 0.2) is 0 Å². The minimum absolute atomic E-state index is 0.250. The number of rotatable bonds is 4. The molecule has 1 aromatic rings. The quantitative estimate of drug-likeness (QED) is 0.823. The molecule has 22 heavy (non-hydrogen) atoms. The van der Waals surface area contributed by atoms with E-state index in [1.807, 2.05) is 0 Å². The van der Waals surface area contributed by atoms with Crippen LogP contribution in [0.25, 0.3) is 0 Å². The zero-order valence-electron chi connectivity index (χ0n) is 11.3. The molecule has 0 saturated carbocycles. The summed E-state index contributed by atoms with van der Waals surface area (Å²) < 4.78 is 5.48. The summed E-state index contributed by atoms with van der Waals surface area (Å²) in [5.41, 5.74) is 0.786. The van der Waals surface area contributed by atoms with E-state index in [-0.39, 0.29) is 12.5 Å². The molecule has 4 atom stereocenters. The van der Waals surface area contributed by atoms with Gasteiger partial charge in [-0.25, -0.2) is 0 Å². The first-order valence-electron chi connectivity index (χ1n) is 6.75. The number of nitrogens with one attached hydrogen (secondary N) is 1. The van der Waals surface area contributed by atoms with Gasteiger partial charge in [-0.05, 0) is 17.7 Å².